The van der Waals surface area contributed by atoms with Gasteiger partial charge in [0.1, 0.15) is 0 Å². The summed E-state index contributed by atoms with van der Waals surface area (Å²) in [6.07, 6.45) is 7.70. The maximum Gasteiger partial charge on any atom is 0.0456 e. The predicted octanol–water partition coefficient (Wildman–Crippen LogP) is 6.53. The summed E-state index contributed by atoms with van der Waals surface area (Å²) < 4.78 is 1.27. The lowest BCUT2D eigenvalue weighted by atomic mass is 10.1. The first-order chi connectivity index (χ1) is 14.3. The van der Waals surface area contributed by atoms with E-state index in [9.17, 15) is 0 Å². The summed E-state index contributed by atoms with van der Waals surface area (Å²) in [6, 6.07) is 27.9. The molecule has 2 nitrogen and oxygen atoms in total. The first-order valence-corrected chi connectivity index (χ1v) is 11.1. The number of fused-ring (bicyclic) bond motifs is 1. The molecule has 0 bridgehead atoms. The standard InChI is InChI=1S/C26H25IN2/c27-24-14-12-21(13-15-24)9-6-17-29(20-22-7-2-1-3-8-22)18-16-23-19-28-26-11-5-4-10-25(23)26/h1-15,19,28H,16-18,20H2. The smallest absolute Gasteiger partial charge is 0.0456 e. The van der Waals surface area contributed by atoms with Gasteiger partial charge in [0.25, 0.3) is 0 Å². The van der Waals surface area contributed by atoms with Crippen molar-refractivity contribution in [3.05, 3.63) is 111 Å². The average molecular weight is 492 g/mol. The van der Waals surface area contributed by atoms with Gasteiger partial charge in [0, 0.05) is 40.3 Å². The number of hydrogen-bond donors (Lipinski definition) is 1. The molecule has 3 aromatic carbocycles. The van der Waals surface area contributed by atoms with Crippen LogP contribution in [-0.4, -0.2) is 23.0 Å². The summed E-state index contributed by atoms with van der Waals surface area (Å²) in [5.74, 6) is 0. The molecule has 0 unspecified atom stereocenters. The molecule has 0 aliphatic carbocycles. The lowest BCUT2D eigenvalue weighted by Gasteiger charge is -2.21. The molecule has 4 aromatic rings. The summed E-state index contributed by atoms with van der Waals surface area (Å²) in [6.45, 7) is 2.91. The normalized spacial score (nSPS) is 11.7. The summed E-state index contributed by atoms with van der Waals surface area (Å²) in [7, 11) is 0. The zero-order valence-electron chi connectivity index (χ0n) is 16.4. The summed E-state index contributed by atoms with van der Waals surface area (Å²) in [5, 5.41) is 1.33. The van der Waals surface area contributed by atoms with E-state index in [0.29, 0.717) is 0 Å². The second-order valence-corrected chi connectivity index (χ2v) is 8.53. The maximum absolute atomic E-state index is 3.40. The van der Waals surface area contributed by atoms with Gasteiger partial charge in [0.05, 0.1) is 0 Å². The number of aromatic nitrogens is 1. The number of rotatable bonds is 8. The predicted molar refractivity (Wildman–Crippen MR) is 132 cm³/mol. The van der Waals surface area contributed by atoms with Crippen LogP contribution in [0.4, 0.5) is 0 Å². The van der Waals surface area contributed by atoms with Gasteiger partial charge in [0.15, 0.2) is 0 Å². The highest BCUT2D eigenvalue weighted by Crippen LogP contribution is 2.19. The molecule has 0 aliphatic rings. The molecule has 0 spiro atoms. The van der Waals surface area contributed by atoms with Crippen molar-refractivity contribution in [2.24, 2.45) is 0 Å². The number of halogens is 1. The topological polar surface area (TPSA) is 19.0 Å². The Bertz CT molecular complexity index is 1060. The summed E-state index contributed by atoms with van der Waals surface area (Å²) in [5.41, 5.74) is 5.21. The largest absolute Gasteiger partial charge is 0.361 e. The van der Waals surface area contributed by atoms with E-state index >= 15 is 0 Å². The van der Waals surface area contributed by atoms with Crippen molar-refractivity contribution >= 4 is 39.6 Å². The van der Waals surface area contributed by atoms with Crippen LogP contribution in [0, 0.1) is 3.57 Å². The number of nitrogens with one attached hydrogen (secondary N) is 1. The van der Waals surface area contributed by atoms with Crippen molar-refractivity contribution in [2.75, 3.05) is 13.1 Å². The number of para-hydroxylation sites is 1. The SMILES string of the molecule is Ic1ccc(C=CCN(CCc2c[nH]c3ccccc23)Cc2ccccc2)cc1. The molecule has 1 N–H and O–H groups in total. The molecule has 0 aliphatic heterocycles. The highest BCUT2D eigenvalue weighted by molar-refractivity contribution is 14.1. The van der Waals surface area contributed by atoms with Crippen LogP contribution in [0.15, 0.2) is 91.1 Å². The fourth-order valence-corrected chi connectivity index (χ4v) is 3.96. The van der Waals surface area contributed by atoms with Crippen molar-refractivity contribution < 1.29 is 0 Å². The van der Waals surface area contributed by atoms with Crippen molar-refractivity contribution in [1.29, 1.82) is 0 Å². The molecule has 3 heteroatoms. The van der Waals surface area contributed by atoms with E-state index in [1.807, 2.05) is 0 Å². The summed E-state index contributed by atoms with van der Waals surface area (Å²) >= 11 is 2.34. The van der Waals surface area contributed by atoms with E-state index < -0.39 is 0 Å². The number of aromatic amines is 1. The van der Waals surface area contributed by atoms with Gasteiger partial charge in [0.2, 0.25) is 0 Å². The van der Waals surface area contributed by atoms with Crippen molar-refractivity contribution in [1.82, 2.24) is 9.88 Å². The Hall–Kier alpha value is -2.37. The number of hydrogen-bond acceptors (Lipinski definition) is 1. The second kappa shape index (κ2) is 9.90. The van der Waals surface area contributed by atoms with Gasteiger partial charge in [-0.05, 0) is 63.9 Å². The molecule has 0 radical (unpaired) electrons. The van der Waals surface area contributed by atoms with E-state index in [1.165, 1.54) is 31.2 Å². The minimum absolute atomic E-state index is 0.934. The zero-order valence-corrected chi connectivity index (χ0v) is 18.5. The number of nitrogens with zero attached hydrogens (tertiary/aromatic N) is 1. The molecule has 0 atom stereocenters. The fraction of sp³-hybridized carbons (Fsp3) is 0.154. The molecular weight excluding hydrogens is 467 g/mol. The van der Waals surface area contributed by atoms with Crippen molar-refractivity contribution in [2.45, 2.75) is 13.0 Å². The van der Waals surface area contributed by atoms with Crippen molar-refractivity contribution in [3.8, 4) is 0 Å². The van der Waals surface area contributed by atoms with E-state index in [0.717, 1.165) is 26.1 Å². The minimum Gasteiger partial charge on any atom is -0.361 e. The third kappa shape index (κ3) is 5.58. The minimum atomic E-state index is 0.934. The zero-order chi connectivity index (χ0) is 19.9. The number of H-pyrrole nitrogens is 1. The van der Waals surface area contributed by atoms with Crippen LogP contribution in [0.2, 0.25) is 0 Å². The quantitative estimate of drug-likeness (QED) is 0.277. The Morgan fingerprint density at radius 3 is 2.45 bits per heavy atom. The van der Waals surface area contributed by atoms with Crippen LogP contribution >= 0.6 is 22.6 Å². The molecule has 146 valence electrons. The summed E-state index contributed by atoms with van der Waals surface area (Å²) in [4.78, 5) is 5.91. The van der Waals surface area contributed by atoms with Gasteiger partial charge in [-0.2, -0.15) is 0 Å². The molecule has 4 rings (SSSR count). The molecular formula is C26H25IN2. The first kappa shape index (κ1) is 19.9. The van der Waals surface area contributed by atoms with Crippen LogP contribution in [0.1, 0.15) is 16.7 Å². The van der Waals surface area contributed by atoms with Gasteiger partial charge in [-0.3, -0.25) is 4.90 Å². The Kier molecular flexibility index (Phi) is 6.80. The Labute approximate surface area is 186 Å². The van der Waals surface area contributed by atoms with Crippen LogP contribution in [0.25, 0.3) is 17.0 Å². The van der Waals surface area contributed by atoms with Crippen LogP contribution in [0.5, 0.6) is 0 Å². The molecule has 1 aromatic heterocycles. The Morgan fingerprint density at radius 2 is 1.62 bits per heavy atom. The van der Waals surface area contributed by atoms with E-state index in [4.69, 9.17) is 0 Å². The molecule has 0 fully saturated rings. The average Bonchev–Trinajstić information content (AvgIpc) is 3.17. The maximum atomic E-state index is 3.40. The van der Waals surface area contributed by atoms with E-state index in [1.54, 1.807) is 0 Å². The van der Waals surface area contributed by atoms with E-state index in [2.05, 4.69) is 130 Å². The van der Waals surface area contributed by atoms with E-state index in [-0.39, 0.29) is 0 Å². The van der Waals surface area contributed by atoms with Gasteiger partial charge in [-0.25, -0.2) is 0 Å². The second-order valence-electron chi connectivity index (χ2n) is 7.28. The molecule has 29 heavy (non-hydrogen) atoms. The van der Waals surface area contributed by atoms with Crippen LogP contribution in [0.3, 0.4) is 0 Å². The van der Waals surface area contributed by atoms with Crippen molar-refractivity contribution in [3.63, 3.8) is 0 Å². The van der Waals surface area contributed by atoms with Gasteiger partial charge < -0.3 is 4.98 Å². The Balaban J connectivity index is 1.44. The molecule has 0 amide bonds. The van der Waals surface area contributed by atoms with Crippen LogP contribution < -0.4 is 0 Å². The lowest BCUT2D eigenvalue weighted by Crippen LogP contribution is -2.25. The molecule has 1 heterocycles. The molecule has 0 saturated heterocycles. The van der Waals surface area contributed by atoms with Crippen LogP contribution in [-0.2, 0) is 13.0 Å². The third-order valence-electron chi connectivity index (χ3n) is 5.17. The van der Waals surface area contributed by atoms with Gasteiger partial charge >= 0.3 is 0 Å². The van der Waals surface area contributed by atoms with Gasteiger partial charge in [-0.1, -0.05) is 72.8 Å². The van der Waals surface area contributed by atoms with Gasteiger partial charge in [-0.15, -0.1) is 0 Å². The fourth-order valence-electron chi connectivity index (χ4n) is 3.61. The highest BCUT2D eigenvalue weighted by atomic mass is 127. The molecule has 0 saturated carbocycles. The number of benzene rings is 3. The highest BCUT2D eigenvalue weighted by Gasteiger charge is 2.08. The monoisotopic (exact) mass is 492 g/mol. The lowest BCUT2D eigenvalue weighted by molar-refractivity contribution is 0.299. The first-order valence-electron chi connectivity index (χ1n) is 10.0. The third-order valence-corrected chi connectivity index (χ3v) is 5.88. The Morgan fingerprint density at radius 1 is 0.862 bits per heavy atom.